The number of aromatic nitrogens is 2. The molecular weight excluding hydrogens is 256 g/mol. The number of hydrogen-bond donors (Lipinski definition) is 1. The van der Waals surface area contributed by atoms with Crippen LogP contribution < -0.4 is 5.32 Å². The van der Waals surface area contributed by atoms with Gasteiger partial charge in [-0.05, 0) is 36.5 Å². The van der Waals surface area contributed by atoms with E-state index in [1.165, 1.54) is 36.5 Å². The molecule has 1 heterocycles. The fourth-order valence-corrected chi connectivity index (χ4v) is 2.35. The standard InChI is InChI=1S/C12H11F2N3S/c13-9-3-1-2-8(11(9)14)12-10(18-17-16-12)6-15-7-4-5-7/h1-3,7,15H,4-6H2. The second-order valence-electron chi connectivity index (χ2n) is 4.30. The summed E-state index contributed by atoms with van der Waals surface area (Å²) in [6.45, 7) is 0.605. The van der Waals surface area contributed by atoms with E-state index in [9.17, 15) is 8.78 Å². The second-order valence-corrected chi connectivity index (χ2v) is 5.14. The van der Waals surface area contributed by atoms with Crippen LogP contribution in [0.5, 0.6) is 0 Å². The highest BCUT2D eigenvalue weighted by Crippen LogP contribution is 2.28. The van der Waals surface area contributed by atoms with Crippen molar-refractivity contribution in [2.24, 2.45) is 0 Å². The summed E-state index contributed by atoms with van der Waals surface area (Å²) >= 11 is 1.22. The summed E-state index contributed by atoms with van der Waals surface area (Å²) in [6, 6.07) is 4.65. The molecule has 3 nitrogen and oxygen atoms in total. The first-order valence-corrected chi connectivity index (χ1v) is 6.52. The molecule has 0 unspecified atom stereocenters. The van der Waals surface area contributed by atoms with E-state index in [-0.39, 0.29) is 5.56 Å². The number of nitrogens with zero attached hydrogens (tertiary/aromatic N) is 2. The van der Waals surface area contributed by atoms with Crippen LogP contribution in [0.25, 0.3) is 11.3 Å². The fraction of sp³-hybridized carbons (Fsp3) is 0.333. The number of rotatable bonds is 4. The first kappa shape index (κ1) is 11.7. The molecule has 1 N–H and O–H groups in total. The summed E-state index contributed by atoms with van der Waals surface area (Å²) in [7, 11) is 0. The topological polar surface area (TPSA) is 37.8 Å². The van der Waals surface area contributed by atoms with Crippen molar-refractivity contribution in [2.45, 2.75) is 25.4 Å². The van der Waals surface area contributed by atoms with E-state index in [4.69, 9.17) is 0 Å². The van der Waals surface area contributed by atoms with Crippen LogP contribution in [-0.2, 0) is 6.54 Å². The molecule has 0 spiro atoms. The third kappa shape index (κ3) is 2.26. The van der Waals surface area contributed by atoms with Gasteiger partial charge < -0.3 is 5.32 Å². The first-order valence-electron chi connectivity index (χ1n) is 5.74. The molecule has 1 aliphatic carbocycles. The Balaban J connectivity index is 1.90. The Kier molecular flexibility index (Phi) is 3.05. The summed E-state index contributed by atoms with van der Waals surface area (Å²) in [4.78, 5) is 0.839. The Morgan fingerprint density at radius 2 is 2.17 bits per heavy atom. The Morgan fingerprint density at radius 3 is 2.94 bits per heavy atom. The van der Waals surface area contributed by atoms with Crippen molar-refractivity contribution in [3.8, 4) is 11.3 Å². The van der Waals surface area contributed by atoms with Crippen LogP contribution in [0.2, 0.25) is 0 Å². The van der Waals surface area contributed by atoms with Gasteiger partial charge >= 0.3 is 0 Å². The molecule has 1 aliphatic rings. The highest BCUT2D eigenvalue weighted by Gasteiger charge is 2.22. The van der Waals surface area contributed by atoms with Crippen LogP contribution in [0.4, 0.5) is 8.78 Å². The van der Waals surface area contributed by atoms with Crippen LogP contribution >= 0.6 is 11.5 Å². The van der Waals surface area contributed by atoms with Crippen molar-refractivity contribution >= 4 is 11.5 Å². The van der Waals surface area contributed by atoms with E-state index in [0.717, 1.165) is 10.9 Å². The van der Waals surface area contributed by atoms with Gasteiger partial charge in [-0.25, -0.2) is 8.78 Å². The summed E-state index contributed by atoms with van der Waals surface area (Å²) in [5, 5.41) is 7.23. The zero-order valence-electron chi connectivity index (χ0n) is 9.49. The quantitative estimate of drug-likeness (QED) is 0.925. The zero-order valence-corrected chi connectivity index (χ0v) is 10.3. The van der Waals surface area contributed by atoms with Gasteiger partial charge in [0.2, 0.25) is 0 Å². The van der Waals surface area contributed by atoms with Crippen LogP contribution in [0.15, 0.2) is 18.2 Å². The number of nitrogens with one attached hydrogen (secondary N) is 1. The Bertz CT molecular complexity index is 566. The largest absolute Gasteiger partial charge is 0.309 e. The maximum Gasteiger partial charge on any atom is 0.168 e. The Hall–Kier alpha value is -1.40. The van der Waals surface area contributed by atoms with E-state index in [1.54, 1.807) is 0 Å². The van der Waals surface area contributed by atoms with E-state index in [2.05, 4.69) is 14.9 Å². The van der Waals surface area contributed by atoms with Gasteiger partial charge in [-0.2, -0.15) is 0 Å². The molecule has 1 aromatic carbocycles. The monoisotopic (exact) mass is 267 g/mol. The molecule has 18 heavy (non-hydrogen) atoms. The zero-order chi connectivity index (χ0) is 12.5. The Morgan fingerprint density at radius 1 is 1.33 bits per heavy atom. The average molecular weight is 267 g/mol. The molecule has 6 heteroatoms. The molecule has 2 aromatic rings. The van der Waals surface area contributed by atoms with Gasteiger partial charge in [0.1, 0.15) is 5.69 Å². The summed E-state index contributed by atoms with van der Waals surface area (Å²) < 4.78 is 30.7. The van der Waals surface area contributed by atoms with Crippen molar-refractivity contribution in [3.63, 3.8) is 0 Å². The minimum absolute atomic E-state index is 0.177. The van der Waals surface area contributed by atoms with Crippen molar-refractivity contribution in [3.05, 3.63) is 34.7 Å². The maximum absolute atomic E-state index is 13.7. The number of halogens is 2. The lowest BCUT2D eigenvalue weighted by Gasteiger charge is -2.04. The van der Waals surface area contributed by atoms with Crippen molar-refractivity contribution in [1.82, 2.24) is 14.9 Å². The molecule has 1 aromatic heterocycles. The maximum atomic E-state index is 13.7. The van der Waals surface area contributed by atoms with Gasteiger partial charge in [0.15, 0.2) is 11.6 Å². The Labute approximate surface area is 107 Å². The van der Waals surface area contributed by atoms with Gasteiger partial charge in [-0.3, -0.25) is 0 Å². The molecule has 0 saturated heterocycles. The van der Waals surface area contributed by atoms with Crippen LogP contribution in [0.3, 0.4) is 0 Å². The SMILES string of the molecule is Fc1cccc(-c2nnsc2CNC2CC2)c1F. The minimum atomic E-state index is -0.863. The predicted octanol–water partition coefficient (Wildman–Crippen LogP) is 2.74. The van der Waals surface area contributed by atoms with Gasteiger partial charge in [0, 0.05) is 18.2 Å². The number of hydrogen-bond acceptors (Lipinski definition) is 4. The molecule has 1 fully saturated rings. The lowest BCUT2D eigenvalue weighted by Crippen LogP contribution is -2.15. The molecule has 1 saturated carbocycles. The van der Waals surface area contributed by atoms with E-state index >= 15 is 0 Å². The third-order valence-electron chi connectivity index (χ3n) is 2.89. The van der Waals surface area contributed by atoms with Gasteiger partial charge in [-0.15, -0.1) is 5.10 Å². The summed E-state index contributed by atoms with van der Waals surface area (Å²) in [5.74, 6) is -1.72. The summed E-state index contributed by atoms with van der Waals surface area (Å²) in [5.41, 5.74) is 0.612. The molecule has 0 aliphatic heterocycles. The molecule has 0 amide bonds. The predicted molar refractivity (Wildman–Crippen MR) is 65.1 cm³/mol. The highest BCUT2D eigenvalue weighted by atomic mass is 32.1. The second kappa shape index (κ2) is 4.70. The van der Waals surface area contributed by atoms with Crippen LogP contribution in [-0.4, -0.2) is 15.6 Å². The molecule has 3 rings (SSSR count). The molecule has 0 radical (unpaired) electrons. The first-order chi connectivity index (χ1) is 8.75. The van der Waals surface area contributed by atoms with Crippen LogP contribution in [0.1, 0.15) is 17.7 Å². The van der Waals surface area contributed by atoms with Gasteiger partial charge in [-0.1, -0.05) is 10.6 Å². The normalized spacial score (nSPS) is 15.0. The summed E-state index contributed by atoms with van der Waals surface area (Å²) in [6.07, 6.45) is 2.35. The average Bonchev–Trinajstić information content (AvgIpc) is 3.08. The molecule has 94 valence electrons. The van der Waals surface area contributed by atoms with E-state index < -0.39 is 11.6 Å². The lowest BCUT2D eigenvalue weighted by atomic mass is 10.1. The highest BCUT2D eigenvalue weighted by molar-refractivity contribution is 7.05. The lowest BCUT2D eigenvalue weighted by molar-refractivity contribution is 0.510. The molecular formula is C12H11F2N3S. The van der Waals surface area contributed by atoms with Gasteiger partial charge in [0.05, 0.1) is 4.88 Å². The van der Waals surface area contributed by atoms with E-state index in [1.807, 2.05) is 0 Å². The molecule has 0 atom stereocenters. The van der Waals surface area contributed by atoms with Crippen molar-refractivity contribution < 1.29 is 8.78 Å². The third-order valence-corrected chi connectivity index (χ3v) is 3.61. The molecule has 0 bridgehead atoms. The van der Waals surface area contributed by atoms with Crippen molar-refractivity contribution in [1.29, 1.82) is 0 Å². The smallest absolute Gasteiger partial charge is 0.168 e. The van der Waals surface area contributed by atoms with Gasteiger partial charge in [0.25, 0.3) is 0 Å². The van der Waals surface area contributed by atoms with E-state index in [0.29, 0.717) is 18.3 Å². The minimum Gasteiger partial charge on any atom is -0.309 e. The number of benzene rings is 1. The van der Waals surface area contributed by atoms with Crippen molar-refractivity contribution in [2.75, 3.05) is 0 Å². The fourth-order valence-electron chi connectivity index (χ4n) is 1.74. The van der Waals surface area contributed by atoms with Crippen LogP contribution in [0, 0.1) is 11.6 Å².